The minimum absolute atomic E-state index is 0.00287. The van der Waals surface area contributed by atoms with Crippen molar-refractivity contribution in [1.29, 1.82) is 0 Å². The summed E-state index contributed by atoms with van der Waals surface area (Å²) >= 11 is 0. The summed E-state index contributed by atoms with van der Waals surface area (Å²) in [6, 6.07) is 5.69. The van der Waals surface area contributed by atoms with Crippen LogP contribution in [-0.2, 0) is 17.9 Å². The SMILES string of the molecule is COCc1c(CN=O)ncc2[nH]c3ccc(Oc4cnccn4)cc3c12. The lowest BCUT2D eigenvalue weighted by molar-refractivity contribution is 0.185. The summed E-state index contributed by atoms with van der Waals surface area (Å²) in [6.45, 7) is 0.328. The van der Waals surface area contributed by atoms with Gasteiger partial charge >= 0.3 is 0 Å². The van der Waals surface area contributed by atoms with Gasteiger partial charge in [0.2, 0.25) is 5.88 Å². The second kappa shape index (κ2) is 6.85. The van der Waals surface area contributed by atoms with Gasteiger partial charge in [0.15, 0.2) is 0 Å². The van der Waals surface area contributed by atoms with Crippen LogP contribution in [0.4, 0.5) is 0 Å². The third-order valence-electron chi connectivity index (χ3n) is 4.06. The van der Waals surface area contributed by atoms with E-state index in [1.165, 1.54) is 0 Å². The quantitative estimate of drug-likeness (QED) is 0.532. The van der Waals surface area contributed by atoms with Crippen LogP contribution in [-0.4, -0.2) is 27.0 Å². The Balaban J connectivity index is 1.88. The highest BCUT2D eigenvalue weighted by Crippen LogP contribution is 2.33. The fourth-order valence-corrected chi connectivity index (χ4v) is 3.00. The van der Waals surface area contributed by atoms with Gasteiger partial charge in [0.25, 0.3) is 0 Å². The third kappa shape index (κ3) is 2.86. The van der Waals surface area contributed by atoms with Crippen LogP contribution < -0.4 is 4.74 Å². The van der Waals surface area contributed by atoms with E-state index in [1.807, 2.05) is 18.2 Å². The molecule has 0 amide bonds. The van der Waals surface area contributed by atoms with E-state index in [9.17, 15) is 4.91 Å². The molecule has 0 fully saturated rings. The van der Waals surface area contributed by atoms with Crippen LogP contribution in [0, 0.1) is 4.91 Å². The molecule has 1 aromatic carbocycles. The summed E-state index contributed by atoms with van der Waals surface area (Å²) < 4.78 is 11.1. The van der Waals surface area contributed by atoms with Gasteiger partial charge in [-0.2, -0.15) is 4.91 Å². The van der Waals surface area contributed by atoms with Crippen LogP contribution in [0.15, 0.2) is 48.2 Å². The molecule has 1 N–H and O–H groups in total. The van der Waals surface area contributed by atoms with Gasteiger partial charge < -0.3 is 14.5 Å². The highest BCUT2D eigenvalue weighted by Gasteiger charge is 2.15. The number of hydrogen-bond donors (Lipinski definition) is 1. The van der Waals surface area contributed by atoms with Crippen molar-refractivity contribution in [3.05, 3.63) is 59.2 Å². The maximum absolute atomic E-state index is 10.8. The molecule has 0 spiro atoms. The number of nitroso groups, excluding NO2 is 1. The van der Waals surface area contributed by atoms with Crippen molar-refractivity contribution < 1.29 is 9.47 Å². The first-order valence-electron chi connectivity index (χ1n) is 7.94. The molecular weight excluding hydrogens is 334 g/mol. The lowest BCUT2D eigenvalue weighted by atomic mass is 10.1. The molecule has 0 saturated heterocycles. The number of aromatic amines is 1. The molecule has 0 aliphatic carbocycles. The number of rotatable bonds is 6. The van der Waals surface area contributed by atoms with Gasteiger partial charge in [0, 0.05) is 41.4 Å². The highest BCUT2D eigenvalue weighted by atomic mass is 16.5. The minimum Gasteiger partial charge on any atom is -0.437 e. The standard InChI is InChI=1S/C18H15N5O3/c1-25-10-13-15(8-22-24)21-7-16-18(13)12-6-11(2-3-14(12)23-16)26-17-9-19-4-5-20-17/h2-7,9,23H,8,10H2,1H3. The molecule has 3 aromatic heterocycles. The van der Waals surface area contributed by atoms with Crippen LogP contribution in [0.5, 0.6) is 11.6 Å². The van der Waals surface area contributed by atoms with Crippen molar-refractivity contribution in [2.24, 2.45) is 5.18 Å². The summed E-state index contributed by atoms with van der Waals surface area (Å²) in [5.41, 5.74) is 3.24. The Hall–Kier alpha value is -3.39. The maximum atomic E-state index is 10.8. The van der Waals surface area contributed by atoms with E-state index in [4.69, 9.17) is 9.47 Å². The summed E-state index contributed by atoms with van der Waals surface area (Å²) in [5.74, 6) is 1.05. The summed E-state index contributed by atoms with van der Waals surface area (Å²) in [5, 5.41) is 4.87. The molecule has 0 saturated carbocycles. The largest absolute Gasteiger partial charge is 0.437 e. The minimum atomic E-state index is -0.00287. The smallest absolute Gasteiger partial charge is 0.237 e. The number of hydrogen-bond acceptors (Lipinski definition) is 7. The fourth-order valence-electron chi connectivity index (χ4n) is 3.00. The normalized spacial score (nSPS) is 11.1. The van der Waals surface area contributed by atoms with Gasteiger partial charge in [-0.3, -0.25) is 9.97 Å². The number of methoxy groups -OCH3 is 1. The van der Waals surface area contributed by atoms with Crippen LogP contribution in [0.1, 0.15) is 11.3 Å². The van der Waals surface area contributed by atoms with Gasteiger partial charge in [0.1, 0.15) is 12.3 Å². The van der Waals surface area contributed by atoms with Crippen LogP contribution in [0.25, 0.3) is 21.8 Å². The van der Waals surface area contributed by atoms with Gasteiger partial charge in [0.05, 0.1) is 30.2 Å². The van der Waals surface area contributed by atoms with E-state index < -0.39 is 0 Å². The number of ether oxygens (including phenoxy) is 2. The molecule has 0 unspecified atom stereocenters. The van der Waals surface area contributed by atoms with Gasteiger partial charge in [-0.05, 0) is 18.2 Å². The van der Waals surface area contributed by atoms with E-state index in [0.29, 0.717) is 23.9 Å². The lowest BCUT2D eigenvalue weighted by Gasteiger charge is -2.08. The molecule has 0 aliphatic heterocycles. The van der Waals surface area contributed by atoms with Gasteiger partial charge in [-0.15, -0.1) is 0 Å². The van der Waals surface area contributed by atoms with Crippen molar-refractivity contribution in [3.8, 4) is 11.6 Å². The summed E-state index contributed by atoms with van der Waals surface area (Å²) in [4.78, 5) is 26.5. The van der Waals surface area contributed by atoms with Crippen LogP contribution in [0.3, 0.4) is 0 Å². The molecule has 0 aliphatic rings. The molecule has 26 heavy (non-hydrogen) atoms. The third-order valence-corrected chi connectivity index (χ3v) is 4.06. The predicted molar refractivity (Wildman–Crippen MR) is 95.9 cm³/mol. The Morgan fingerprint density at radius 1 is 1.15 bits per heavy atom. The zero-order valence-electron chi connectivity index (χ0n) is 14.0. The number of aromatic nitrogens is 4. The van der Waals surface area contributed by atoms with Crippen LogP contribution >= 0.6 is 0 Å². The van der Waals surface area contributed by atoms with Crippen molar-refractivity contribution in [3.63, 3.8) is 0 Å². The average molecular weight is 349 g/mol. The highest BCUT2D eigenvalue weighted by molar-refractivity contribution is 6.09. The Bertz CT molecular complexity index is 1080. The van der Waals surface area contributed by atoms with Crippen molar-refractivity contribution in [2.75, 3.05) is 7.11 Å². The maximum Gasteiger partial charge on any atom is 0.237 e. The van der Waals surface area contributed by atoms with Gasteiger partial charge in [-0.25, -0.2) is 4.98 Å². The molecule has 130 valence electrons. The van der Waals surface area contributed by atoms with Crippen molar-refractivity contribution >= 4 is 21.8 Å². The first-order valence-corrected chi connectivity index (χ1v) is 7.94. The van der Waals surface area contributed by atoms with E-state index in [0.717, 1.165) is 27.4 Å². The van der Waals surface area contributed by atoms with Crippen molar-refractivity contribution in [1.82, 2.24) is 19.9 Å². The molecular formula is C18H15N5O3. The number of pyridine rings is 1. The summed E-state index contributed by atoms with van der Waals surface area (Å²) in [6.07, 6.45) is 6.41. The molecule has 0 atom stereocenters. The second-order valence-corrected chi connectivity index (χ2v) is 5.67. The second-order valence-electron chi connectivity index (χ2n) is 5.67. The number of nitrogens with one attached hydrogen (secondary N) is 1. The topological polar surface area (TPSA) is 102 Å². The molecule has 4 rings (SSSR count). The van der Waals surface area contributed by atoms with Gasteiger partial charge in [-0.1, -0.05) is 5.18 Å². The van der Waals surface area contributed by atoms with E-state index >= 15 is 0 Å². The zero-order valence-corrected chi connectivity index (χ0v) is 14.0. The van der Waals surface area contributed by atoms with E-state index in [1.54, 1.807) is 31.9 Å². The number of H-pyrrole nitrogens is 1. The Morgan fingerprint density at radius 2 is 2.08 bits per heavy atom. The van der Waals surface area contributed by atoms with E-state index in [-0.39, 0.29) is 6.54 Å². The predicted octanol–water partition coefficient (Wildman–Crippen LogP) is 3.71. The Kier molecular flexibility index (Phi) is 4.24. The van der Waals surface area contributed by atoms with Crippen molar-refractivity contribution in [2.45, 2.75) is 13.2 Å². The molecule has 0 bridgehead atoms. The molecule has 8 heteroatoms. The van der Waals surface area contributed by atoms with Crippen LogP contribution in [0.2, 0.25) is 0 Å². The monoisotopic (exact) mass is 349 g/mol. The first-order chi connectivity index (χ1) is 12.8. The molecule has 0 radical (unpaired) electrons. The number of fused-ring (bicyclic) bond motifs is 3. The number of benzene rings is 1. The zero-order chi connectivity index (χ0) is 17.9. The summed E-state index contributed by atoms with van der Waals surface area (Å²) in [7, 11) is 1.61. The molecule has 4 aromatic rings. The lowest BCUT2D eigenvalue weighted by Crippen LogP contribution is -1.99. The fraction of sp³-hybridized carbons (Fsp3) is 0.167. The molecule has 3 heterocycles. The van der Waals surface area contributed by atoms with E-state index in [2.05, 4.69) is 25.1 Å². The number of nitrogens with zero attached hydrogens (tertiary/aromatic N) is 4. The molecule has 8 nitrogen and oxygen atoms in total. The average Bonchev–Trinajstić information content (AvgIpc) is 3.03. The first kappa shape index (κ1) is 16.1. The Labute approximate surface area is 148 Å². The Morgan fingerprint density at radius 3 is 2.85 bits per heavy atom.